The molecule has 1 N–H and O–H groups in total. The predicted molar refractivity (Wildman–Crippen MR) is 73.8 cm³/mol. The van der Waals surface area contributed by atoms with E-state index in [0.717, 1.165) is 12.0 Å². The van der Waals surface area contributed by atoms with Crippen LogP contribution in [-0.4, -0.2) is 16.8 Å². The van der Waals surface area contributed by atoms with Gasteiger partial charge < -0.3 is 9.84 Å². The molecule has 1 saturated carbocycles. The standard InChI is InChI=1S/C16H24O2/c1-16(2,18-14-9-4-3-5-10-14)12-13-8-6-7-11-15(13)17/h6-8,11,14,17H,3-5,9-10,12H2,1-2H3. The Morgan fingerprint density at radius 2 is 1.83 bits per heavy atom. The summed E-state index contributed by atoms with van der Waals surface area (Å²) in [7, 11) is 0. The fourth-order valence-corrected chi connectivity index (χ4v) is 2.79. The molecule has 0 radical (unpaired) electrons. The van der Waals surface area contributed by atoms with E-state index in [1.807, 2.05) is 18.2 Å². The minimum Gasteiger partial charge on any atom is -0.508 e. The van der Waals surface area contributed by atoms with Gasteiger partial charge in [-0.1, -0.05) is 37.5 Å². The van der Waals surface area contributed by atoms with Gasteiger partial charge in [-0.15, -0.1) is 0 Å². The Balaban J connectivity index is 1.96. The average Bonchev–Trinajstić information content (AvgIpc) is 2.32. The molecule has 1 fully saturated rings. The Morgan fingerprint density at radius 3 is 2.50 bits per heavy atom. The highest BCUT2D eigenvalue weighted by atomic mass is 16.5. The first-order valence-corrected chi connectivity index (χ1v) is 7.01. The second-order valence-corrected chi connectivity index (χ2v) is 5.94. The highest BCUT2D eigenvalue weighted by Crippen LogP contribution is 2.29. The van der Waals surface area contributed by atoms with Crippen molar-refractivity contribution in [2.24, 2.45) is 0 Å². The normalized spacial score (nSPS) is 17.9. The van der Waals surface area contributed by atoms with E-state index in [9.17, 15) is 5.11 Å². The van der Waals surface area contributed by atoms with Crippen molar-refractivity contribution in [2.75, 3.05) is 0 Å². The van der Waals surface area contributed by atoms with Crippen LogP contribution in [0.25, 0.3) is 0 Å². The van der Waals surface area contributed by atoms with E-state index in [1.165, 1.54) is 32.1 Å². The molecule has 0 amide bonds. The molecule has 2 nitrogen and oxygen atoms in total. The molecule has 1 aliphatic rings. The molecule has 0 saturated heterocycles. The number of benzene rings is 1. The molecule has 18 heavy (non-hydrogen) atoms. The van der Waals surface area contributed by atoms with E-state index in [2.05, 4.69) is 13.8 Å². The second-order valence-electron chi connectivity index (χ2n) is 5.94. The Morgan fingerprint density at radius 1 is 1.17 bits per heavy atom. The first-order chi connectivity index (χ1) is 8.57. The molecule has 2 heteroatoms. The summed E-state index contributed by atoms with van der Waals surface area (Å²) in [5.41, 5.74) is 0.763. The lowest BCUT2D eigenvalue weighted by atomic mass is 9.94. The lowest BCUT2D eigenvalue weighted by molar-refractivity contribution is -0.0838. The largest absolute Gasteiger partial charge is 0.508 e. The average molecular weight is 248 g/mol. The lowest BCUT2D eigenvalue weighted by Crippen LogP contribution is -2.33. The third kappa shape index (κ3) is 3.74. The molecule has 0 spiro atoms. The molecular weight excluding hydrogens is 224 g/mol. The van der Waals surface area contributed by atoms with E-state index in [1.54, 1.807) is 6.07 Å². The van der Waals surface area contributed by atoms with Crippen molar-refractivity contribution in [1.82, 2.24) is 0 Å². The van der Waals surface area contributed by atoms with E-state index in [-0.39, 0.29) is 5.60 Å². The highest BCUT2D eigenvalue weighted by molar-refractivity contribution is 5.32. The quantitative estimate of drug-likeness (QED) is 0.870. The molecule has 0 aromatic heterocycles. The van der Waals surface area contributed by atoms with Crippen molar-refractivity contribution >= 4 is 0 Å². The van der Waals surface area contributed by atoms with Gasteiger partial charge in [0.2, 0.25) is 0 Å². The number of para-hydroxylation sites is 1. The third-order valence-corrected chi connectivity index (χ3v) is 3.65. The van der Waals surface area contributed by atoms with Crippen LogP contribution in [0.1, 0.15) is 51.5 Å². The number of phenols is 1. The van der Waals surface area contributed by atoms with Gasteiger partial charge in [0.25, 0.3) is 0 Å². The molecule has 0 aliphatic heterocycles. The summed E-state index contributed by atoms with van der Waals surface area (Å²) in [6.07, 6.45) is 7.46. The fourth-order valence-electron chi connectivity index (χ4n) is 2.79. The molecule has 0 heterocycles. The summed E-state index contributed by atoms with van der Waals surface area (Å²) in [5, 5.41) is 9.82. The zero-order valence-electron chi connectivity index (χ0n) is 11.5. The second kappa shape index (κ2) is 5.75. The summed E-state index contributed by atoms with van der Waals surface area (Å²) in [4.78, 5) is 0. The van der Waals surface area contributed by atoms with Gasteiger partial charge in [0.05, 0.1) is 11.7 Å². The monoisotopic (exact) mass is 248 g/mol. The first-order valence-electron chi connectivity index (χ1n) is 7.01. The summed E-state index contributed by atoms with van der Waals surface area (Å²) < 4.78 is 6.23. The molecule has 1 aromatic rings. The van der Waals surface area contributed by atoms with Gasteiger partial charge >= 0.3 is 0 Å². The number of rotatable bonds is 4. The molecule has 0 atom stereocenters. The van der Waals surface area contributed by atoms with Crippen LogP contribution in [0.2, 0.25) is 0 Å². The number of phenolic OH excluding ortho intramolecular Hbond substituents is 1. The summed E-state index contributed by atoms with van der Waals surface area (Å²) in [6.45, 7) is 4.24. The Kier molecular flexibility index (Phi) is 4.28. The SMILES string of the molecule is CC(C)(Cc1ccccc1O)OC1CCCCC1. The number of aromatic hydroxyl groups is 1. The van der Waals surface area contributed by atoms with Crippen molar-refractivity contribution in [2.45, 2.75) is 64.1 Å². The molecule has 0 bridgehead atoms. The fraction of sp³-hybridized carbons (Fsp3) is 0.625. The maximum Gasteiger partial charge on any atom is 0.118 e. The van der Waals surface area contributed by atoms with Crippen LogP contribution in [0.5, 0.6) is 5.75 Å². The highest BCUT2D eigenvalue weighted by Gasteiger charge is 2.26. The predicted octanol–water partition coefficient (Wildman–Crippen LogP) is 4.06. The molecular formula is C16H24O2. The van der Waals surface area contributed by atoms with Crippen molar-refractivity contribution in [1.29, 1.82) is 0 Å². The number of hydrogen-bond acceptors (Lipinski definition) is 2. The maximum atomic E-state index is 9.82. The van der Waals surface area contributed by atoms with Gasteiger partial charge in [-0.3, -0.25) is 0 Å². The van der Waals surface area contributed by atoms with E-state index in [0.29, 0.717) is 11.9 Å². The summed E-state index contributed by atoms with van der Waals surface area (Å²) >= 11 is 0. The summed E-state index contributed by atoms with van der Waals surface area (Å²) in [6, 6.07) is 7.53. The molecule has 0 unspecified atom stereocenters. The Labute approximate surface area is 110 Å². The Bertz CT molecular complexity index is 378. The van der Waals surface area contributed by atoms with Gasteiger partial charge in [0, 0.05) is 6.42 Å². The number of hydrogen-bond donors (Lipinski definition) is 1. The van der Waals surface area contributed by atoms with Gasteiger partial charge in [-0.2, -0.15) is 0 Å². The lowest BCUT2D eigenvalue weighted by Gasteiger charge is -2.33. The minimum atomic E-state index is -0.208. The zero-order chi connectivity index (χ0) is 13.0. The van der Waals surface area contributed by atoms with Crippen LogP contribution in [0.3, 0.4) is 0 Å². The van der Waals surface area contributed by atoms with E-state index in [4.69, 9.17) is 4.74 Å². The van der Waals surface area contributed by atoms with Crippen LogP contribution in [0.15, 0.2) is 24.3 Å². The van der Waals surface area contributed by atoms with Crippen LogP contribution in [-0.2, 0) is 11.2 Å². The first kappa shape index (κ1) is 13.4. The third-order valence-electron chi connectivity index (χ3n) is 3.65. The molecule has 1 aromatic carbocycles. The van der Waals surface area contributed by atoms with Gasteiger partial charge in [-0.05, 0) is 38.3 Å². The topological polar surface area (TPSA) is 29.5 Å². The molecule has 1 aliphatic carbocycles. The smallest absolute Gasteiger partial charge is 0.118 e. The van der Waals surface area contributed by atoms with Crippen LogP contribution >= 0.6 is 0 Å². The van der Waals surface area contributed by atoms with Crippen molar-refractivity contribution < 1.29 is 9.84 Å². The van der Waals surface area contributed by atoms with Crippen LogP contribution in [0.4, 0.5) is 0 Å². The minimum absolute atomic E-state index is 0.208. The van der Waals surface area contributed by atoms with E-state index < -0.39 is 0 Å². The van der Waals surface area contributed by atoms with Gasteiger partial charge in [0.15, 0.2) is 0 Å². The zero-order valence-corrected chi connectivity index (χ0v) is 11.5. The van der Waals surface area contributed by atoms with Gasteiger partial charge in [0.1, 0.15) is 5.75 Å². The van der Waals surface area contributed by atoms with Crippen molar-refractivity contribution in [3.8, 4) is 5.75 Å². The maximum absolute atomic E-state index is 9.82. The Hall–Kier alpha value is -1.02. The van der Waals surface area contributed by atoms with Gasteiger partial charge in [-0.25, -0.2) is 0 Å². The van der Waals surface area contributed by atoms with Crippen LogP contribution < -0.4 is 0 Å². The number of ether oxygens (including phenoxy) is 1. The van der Waals surface area contributed by atoms with E-state index >= 15 is 0 Å². The summed E-state index contributed by atoms with van der Waals surface area (Å²) in [5.74, 6) is 0.373. The molecule has 100 valence electrons. The van der Waals surface area contributed by atoms with Crippen molar-refractivity contribution in [3.05, 3.63) is 29.8 Å². The van der Waals surface area contributed by atoms with Crippen LogP contribution in [0, 0.1) is 0 Å². The van der Waals surface area contributed by atoms with Crippen molar-refractivity contribution in [3.63, 3.8) is 0 Å². The molecule has 2 rings (SSSR count).